The number of amides is 1. The Morgan fingerprint density at radius 3 is 2.81 bits per heavy atom. The first kappa shape index (κ1) is 21.1. The van der Waals surface area contributed by atoms with Crippen molar-refractivity contribution in [1.29, 1.82) is 0 Å². The molecule has 1 aliphatic rings. The minimum atomic E-state index is -0.344. The normalized spacial score (nSPS) is 19.7. The van der Waals surface area contributed by atoms with Gasteiger partial charge in [0.1, 0.15) is 5.82 Å². The van der Waals surface area contributed by atoms with Crippen LogP contribution in [-0.4, -0.2) is 63.5 Å². The molecule has 1 saturated heterocycles. The number of aliphatic hydroxyl groups is 1. The van der Waals surface area contributed by atoms with Gasteiger partial charge in [-0.2, -0.15) is 0 Å². The molecule has 8 heteroatoms. The fourth-order valence-corrected chi connectivity index (χ4v) is 3.08. The predicted molar refractivity (Wildman–Crippen MR) is 102 cm³/mol. The minimum absolute atomic E-state index is 0.0639. The highest BCUT2D eigenvalue weighted by Gasteiger charge is 2.34. The number of aliphatic imine (C=N–C) groups is 1. The van der Waals surface area contributed by atoms with E-state index in [1.165, 1.54) is 12.1 Å². The van der Waals surface area contributed by atoms with Gasteiger partial charge in [0.15, 0.2) is 5.96 Å². The third-order valence-corrected chi connectivity index (χ3v) is 4.67. The Labute approximate surface area is 159 Å². The zero-order valence-corrected chi connectivity index (χ0v) is 15.8. The molecule has 0 radical (unpaired) electrons. The number of carbonyl (C=O) groups is 1. The number of nitrogens with one attached hydrogen (secondary N) is 3. The number of nitrogens with zero attached hydrogens (tertiary/aromatic N) is 1. The molecular formula is C19H29FN4O3. The molecule has 1 aromatic carbocycles. The Balaban J connectivity index is 1.66. The lowest BCUT2D eigenvalue weighted by molar-refractivity contribution is -0.120. The maximum Gasteiger partial charge on any atom is 0.224 e. The number of carbonyl (C=O) groups excluding carboxylic acids is 1. The molecule has 0 bridgehead atoms. The lowest BCUT2D eigenvalue weighted by Gasteiger charge is -2.27. The van der Waals surface area contributed by atoms with Gasteiger partial charge in [0.05, 0.1) is 13.0 Å². The summed E-state index contributed by atoms with van der Waals surface area (Å²) in [6.07, 6.45) is 1.75. The second kappa shape index (κ2) is 10.8. The molecule has 1 aliphatic heterocycles. The van der Waals surface area contributed by atoms with E-state index in [2.05, 4.69) is 20.9 Å². The summed E-state index contributed by atoms with van der Waals surface area (Å²) in [7, 11) is 1.68. The summed E-state index contributed by atoms with van der Waals surface area (Å²) in [6, 6.07) is 6.03. The van der Waals surface area contributed by atoms with Crippen molar-refractivity contribution in [2.24, 2.45) is 10.4 Å². The molecule has 1 amide bonds. The quantitative estimate of drug-likeness (QED) is 0.283. The minimum Gasteiger partial charge on any atom is -0.396 e. The van der Waals surface area contributed by atoms with E-state index < -0.39 is 0 Å². The molecule has 27 heavy (non-hydrogen) atoms. The van der Waals surface area contributed by atoms with Crippen LogP contribution in [0, 0.1) is 11.2 Å². The van der Waals surface area contributed by atoms with Gasteiger partial charge >= 0.3 is 0 Å². The van der Waals surface area contributed by atoms with Crippen LogP contribution < -0.4 is 16.0 Å². The van der Waals surface area contributed by atoms with Gasteiger partial charge in [0.25, 0.3) is 0 Å². The van der Waals surface area contributed by atoms with Crippen molar-refractivity contribution in [1.82, 2.24) is 16.0 Å². The largest absolute Gasteiger partial charge is 0.396 e. The van der Waals surface area contributed by atoms with Crippen LogP contribution in [-0.2, 0) is 16.0 Å². The van der Waals surface area contributed by atoms with Gasteiger partial charge in [0, 0.05) is 45.3 Å². The highest BCUT2D eigenvalue weighted by Crippen LogP contribution is 2.31. The van der Waals surface area contributed by atoms with Crippen LogP contribution in [0.15, 0.2) is 29.3 Å². The first-order chi connectivity index (χ1) is 13.1. The highest BCUT2D eigenvalue weighted by atomic mass is 19.1. The summed E-state index contributed by atoms with van der Waals surface area (Å²) in [6.45, 7) is 3.09. The second-order valence-electron chi connectivity index (χ2n) is 6.79. The number of benzene rings is 1. The molecular weight excluding hydrogens is 351 g/mol. The van der Waals surface area contributed by atoms with Crippen molar-refractivity contribution < 1.29 is 19.0 Å². The summed E-state index contributed by atoms with van der Waals surface area (Å²) in [5, 5.41) is 18.5. The summed E-state index contributed by atoms with van der Waals surface area (Å²) >= 11 is 0. The lowest BCUT2D eigenvalue weighted by Crippen LogP contribution is -2.46. The van der Waals surface area contributed by atoms with Gasteiger partial charge < -0.3 is 25.8 Å². The van der Waals surface area contributed by atoms with E-state index in [1.54, 1.807) is 19.2 Å². The molecule has 0 aromatic heterocycles. The van der Waals surface area contributed by atoms with Crippen LogP contribution >= 0.6 is 0 Å². The fourth-order valence-electron chi connectivity index (χ4n) is 3.08. The van der Waals surface area contributed by atoms with Gasteiger partial charge in [-0.1, -0.05) is 12.1 Å². The topological polar surface area (TPSA) is 95.0 Å². The van der Waals surface area contributed by atoms with E-state index in [0.29, 0.717) is 50.8 Å². The molecule has 1 unspecified atom stereocenters. The number of rotatable bonds is 9. The Morgan fingerprint density at radius 2 is 2.15 bits per heavy atom. The molecule has 0 aliphatic carbocycles. The maximum atomic E-state index is 13.1. The van der Waals surface area contributed by atoms with Crippen molar-refractivity contribution in [3.8, 4) is 0 Å². The van der Waals surface area contributed by atoms with E-state index in [4.69, 9.17) is 4.74 Å². The number of guanidine groups is 1. The predicted octanol–water partition coefficient (Wildman–Crippen LogP) is 0.439. The van der Waals surface area contributed by atoms with Gasteiger partial charge in [-0.25, -0.2) is 4.39 Å². The molecule has 0 spiro atoms. The average Bonchev–Trinajstić information content (AvgIpc) is 3.10. The van der Waals surface area contributed by atoms with Crippen LogP contribution in [0.3, 0.4) is 0 Å². The molecule has 1 fully saturated rings. The number of halogens is 1. The zero-order valence-electron chi connectivity index (χ0n) is 15.8. The van der Waals surface area contributed by atoms with Crippen molar-refractivity contribution in [2.45, 2.75) is 19.3 Å². The number of hydrogen-bond donors (Lipinski definition) is 4. The third-order valence-electron chi connectivity index (χ3n) is 4.67. The average molecular weight is 380 g/mol. The van der Waals surface area contributed by atoms with Gasteiger partial charge in [-0.05, 0) is 30.5 Å². The molecule has 1 heterocycles. The molecule has 2 rings (SSSR count). The molecule has 1 aromatic rings. The first-order valence-electron chi connectivity index (χ1n) is 9.21. The first-order valence-corrected chi connectivity index (χ1v) is 9.21. The monoisotopic (exact) mass is 380 g/mol. The Morgan fingerprint density at radius 1 is 1.33 bits per heavy atom. The molecule has 4 N–H and O–H groups in total. The fraction of sp³-hybridized carbons (Fsp3) is 0.579. The molecule has 7 nitrogen and oxygen atoms in total. The third kappa shape index (κ3) is 7.15. The Bertz CT molecular complexity index is 633. The summed E-state index contributed by atoms with van der Waals surface area (Å²) < 4.78 is 18.6. The molecule has 150 valence electrons. The van der Waals surface area contributed by atoms with E-state index in [1.807, 2.05) is 0 Å². The number of ether oxygens (including phenoxy) is 1. The van der Waals surface area contributed by atoms with E-state index in [9.17, 15) is 14.3 Å². The zero-order chi connectivity index (χ0) is 19.5. The number of aliphatic hydroxyl groups excluding tert-OH is 1. The summed E-state index contributed by atoms with van der Waals surface area (Å²) in [4.78, 5) is 16.1. The lowest BCUT2D eigenvalue weighted by atomic mass is 9.84. The summed E-state index contributed by atoms with van der Waals surface area (Å²) in [5.41, 5.74) is 0.580. The van der Waals surface area contributed by atoms with E-state index in [0.717, 1.165) is 6.42 Å². The van der Waals surface area contributed by atoms with Crippen LogP contribution in [0.1, 0.15) is 18.4 Å². The smallest absolute Gasteiger partial charge is 0.224 e. The Hall–Kier alpha value is -2.19. The van der Waals surface area contributed by atoms with Gasteiger partial charge in [-0.15, -0.1) is 0 Å². The maximum absolute atomic E-state index is 13.1. The molecule has 1 atom stereocenters. The van der Waals surface area contributed by atoms with Crippen LogP contribution in [0.2, 0.25) is 0 Å². The van der Waals surface area contributed by atoms with Crippen molar-refractivity contribution >= 4 is 11.9 Å². The Kier molecular flexibility index (Phi) is 8.47. The van der Waals surface area contributed by atoms with Crippen LogP contribution in [0.25, 0.3) is 0 Å². The SMILES string of the molecule is CN=C(NCCNC(=O)Cc1cccc(F)c1)NCC1(CCO)CCOC1. The van der Waals surface area contributed by atoms with Crippen molar-refractivity contribution in [3.05, 3.63) is 35.6 Å². The van der Waals surface area contributed by atoms with Crippen LogP contribution in [0.5, 0.6) is 0 Å². The summed E-state index contributed by atoms with van der Waals surface area (Å²) in [5.74, 6) is 0.136. The van der Waals surface area contributed by atoms with Crippen molar-refractivity contribution in [3.63, 3.8) is 0 Å². The van der Waals surface area contributed by atoms with Gasteiger partial charge in [-0.3, -0.25) is 9.79 Å². The molecule has 0 saturated carbocycles. The van der Waals surface area contributed by atoms with Crippen LogP contribution in [0.4, 0.5) is 4.39 Å². The second-order valence-corrected chi connectivity index (χ2v) is 6.79. The van der Waals surface area contributed by atoms with Gasteiger partial charge in [0.2, 0.25) is 5.91 Å². The van der Waals surface area contributed by atoms with E-state index >= 15 is 0 Å². The standard InChI is InChI=1S/C19H29FN4O3/c1-21-18(24-13-19(5-9-25)6-10-27-14-19)23-8-7-22-17(26)12-15-3-2-4-16(20)11-15/h2-4,11,25H,5-10,12-14H2,1H3,(H,22,26)(H2,21,23,24). The van der Waals surface area contributed by atoms with E-state index in [-0.39, 0.29) is 30.2 Å². The number of hydrogen-bond acceptors (Lipinski definition) is 4. The van der Waals surface area contributed by atoms with Crippen molar-refractivity contribution in [2.75, 3.05) is 46.5 Å². The highest BCUT2D eigenvalue weighted by molar-refractivity contribution is 5.80.